The molecule has 0 atom stereocenters. The topological polar surface area (TPSA) is 66.3 Å². The number of aliphatic hydroxyl groups is 1. The Morgan fingerprint density at radius 1 is 1.19 bits per heavy atom. The number of benzene rings is 1. The first-order valence-electron chi connectivity index (χ1n) is 6.78. The van der Waals surface area contributed by atoms with Crippen LogP contribution in [0.4, 0.5) is 0 Å². The van der Waals surface area contributed by atoms with Crippen LogP contribution in [-0.2, 0) is 6.54 Å². The number of aromatic nitrogens is 2. The van der Waals surface area contributed by atoms with Crippen molar-refractivity contribution in [3.8, 4) is 0 Å². The summed E-state index contributed by atoms with van der Waals surface area (Å²) in [6.45, 7) is 4.04. The van der Waals surface area contributed by atoms with E-state index in [1.807, 2.05) is 30.3 Å². The van der Waals surface area contributed by atoms with E-state index < -0.39 is 5.60 Å². The molecule has 1 aromatic heterocycles. The minimum atomic E-state index is -0.967. The summed E-state index contributed by atoms with van der Waals surface area (Å²) in [6.07, 6.45) is 2.92. The van der Waals surface area contributed by atoms with Crippen LogP contribution >= 0.6 is 0 Å². The standard InChI is InChI=1S/C16H19N3O2/c1-16(2,21)12-19(11-13-6-4-3-5-7-13)15(20)14-8-9-17-18-10-14/h3-10,21H,11-12H2,1-2H3. The van der Waals surface area contributed by atoms with Gasteiger partial charge < -0.3 is 10.0 Å². The van der Waals surface area contributed by atoms with Crippen molar-refractivity contribution in [2.75, 3.05) is 6.54 Å². The van der Waals surface area contributed by atoms with Gasteiger partial charge in [0, 0.05) is 13.1 Å². The Kier molecular flexibility index (Phi) is 4.65. The lowest BCUT2D eigenvalue weighted by atomic mass is 10.1. The van der Waals surface area contributed by atoms with Gasteiger partial charge in [0.25, 0.3) is 5.91 Å². The van der Waals surface area contributed by atoms with Crippen LogP contribution in [0.2, 0.25) is 0 Å². The zero-order chi connectivity index (χ0) is 15.3. The third-order valence-corrected chi connectivity index (χ3v) is 2.91. The monoisotopic (exact) mass is 285 g/mol. The molecule has 5 heteroatoms. The Hall–Kier alpha value is -2.27. The Bertz CT molecular complexity index is 579. The summed E-state index contributed by atoms with van der Waals surface area (Å²) in [5.74, 6) is -0.170. The van der Waals surface area contributed by atoms with Crippen LogP contribution in [0, 0.1) is 0 Å². The van der Waals surface area contributed by atoms with E-state index >= 15 is 0 Å². The van der Waals surface area contributed by atoms with Gasteiger partial charge in [-0.3, -0.25) is 4.79 Å². The van der Waals surface area contributed by atoms with Crippen LogP contribution < -0.4 is 0 Å². The van der Waals surface area contributed by atoms with Crippen LogP contribution in [0.5, 0.6) is 0 Å². The summed E-state index contributed by atoms with van der Waals surface area (Å²) in [7, 11) is 0. The summed E-state index contributed by atoms with van der Waals surface area (Å²) in [6, 6.07) is 11.3. The first-order valence-corrected chi connectivity index (χ1v) is 6.78. The van der Waals surface area contributed by atoms with Crippen molar-refractivity contribution in [3.63, 3.8) is 0 Å². The molecule has 1 heterocycles. The highest BCUT2D eigenvalue weighted by atomic mass is 16.3. The lowest BCUT2D eigenvalue weighted by molar-refractivity contribution is 0.0280. The first kappa shape index (κ1) is 15.1. The van der Waals surface area contributed by atoms with E-state index in [0.29, 0.717) is 12.1 Å². The van der Waals surface area contributed by atoms with Crippen molar-refractivity contribution >= 4 is 5.91 Å². The predicted octanol–water partition coefficient (Wildman–Crippen LogP) is 1.89. The van der Waals surface area contributed by atoms with Gasteiger partial charge in [-0.25, -0.2) is 0 Å². The Labute approximate surface area is 124 Å². The fraction of sp³-hybridized carbons (Fsp3) is 0.312. The molecular formula is C16H19N3O2. The molecule has 0 radical (unpaired) electrons. The fourth-order valence-electron chi connectivity index (χ4n) is 2.07. The van der Waals surface area contributed by atoms with Gasteiger partial charge in [-0.15, -0.1) is 0 Å². The molecule has 2 aromatic rings. The highest BCUT2D eigenvalue weighted by Crippen LogP contribution is 2.13. The minimum absolute atomic E-state index is 0.170. The molecule has 0 unspecified atom stereocenters. The van der Waals surface area contributed by atoms with E-state index in [9.17, 15) is 9.90 Å². The average Bonchev–Trinajstić information content (AvgIpc) is 2.46. The predicted molar refractivity (Wildman–Crippen MR) is 79.5 cm³/mol. The molecule has 21 heavy (non-hydrogen) atoms. The van der Waals surface area contributed by atoms with E-state index in [0.717, 1.165) is 5.56 Å². The molecule has 0 aliphatic rings. The summed E-state index contributed by atoms with van der Waals surface area (Å²) in [5.41, 5.74) is 0.507. The van der Waals surface area contributed by atoms with E-state index in [4.69, 9.17) is 0 Å². The molecule has 0 fully saturated rings. The second-order valence-corrected chi connectivity index (χ2v) is 5.59. The summed E-state index contributed by atoms with van der Waals surface area (Å²) < 4.78 is 0. The van der Waals surface area contributed by atoms with Crippen LogP contribution in [0.3, 0.4) is 0 Å². The highest BCUT2D eigenvalue weighted by Gasteiger charge is 2.23. The van der Waals surface area contributed by atoms with Crippen molar-refractivity contribution in [2.45, 2.75) is 26.0 Å². The van der Waals surface area contributed by atoms with Crippen molar-refractivity contribution in [3.05, 3.63) is 59.9 Å². The summed E-state index contributed by atoms with van der Waals surface area (Å²) in [4.78, 5) is 14.2. The maximum absolute atomic E-state index is 12.6. The number of amides is 1. The molecular weight excluding hydrogens is 266 g/mol. The lowest BCUT2D eigenvalue weighted by Gasteiger charge is -2.29. The van der Waals surface area contributed by atoms with Crippen LogP contribution in [0.15, 0.2) is 48.8 Å². The molecule has 1 N–H and O–H groups in total. The van der Waals surface area contributed by atoms with Gasteiger partial charge in [0.1, 0.15) is 0 Å². The van der Waals surface area contributed by atoms with Crippen LogP contribution in [0.25, 0.3) is 0 Å². The maximum atomic E-state index is 12.6. The van der Waals surface area contributed by atoms with Crippen LogP contribution in [0.1, 0.15) is 29.8 Å². The lowest BCUT2D eigenvalue weighted by Crippen LogP contribution is -2.41. The molecule has 2 rings (SSSR count). The molecule has 110 valence electrons. The van der Waals surface area contributed by atoms with Gasteiger partial charge >= 0.3 is 0 Å². The normalized spacial score (nSPS) is 11.2. The van der Waals surface area contributed by atoms with Crippen LogP contribution in [-0.4, -0.2) is 38.3 Å². The van der Waals surface area contributed by atoms with Crippen molar-refractivity contribution < 1.29 is 9.90 Å². The van der Waals surface area contributed by atoms with Gasteiger partial charge in [0.15, 0.2) is 0 Å². The highest BCUT2D eigenvalue weighted by molar-refractivity contribution is 5.93. The minimum Gasteiger partial charge on any atom is -0.389 e. The first-order chi connectivity index (χ1) is 9.96. The molecule has 0 bridgehead atoms. The number of carbonyl (C=O) groups is 1. The average molecular weight is 285 g/mol. The molecule has 1 amide bonds. The molecule has 0 aliphatic carbocycles. The second-order valence-electron chi connectivity index (χ2n) is 5.59. The van der Waals surface area contributed by atoms with Crippen molar-refractivity contribution in [1.29, 1.82) is 0 Å². The number of rotatable bonds is 5. The van der Waals surface area contributed by atoms with E-state index in [1.165, 1.54) is 12.4 Å². The SMILES string of the molecule is CC(C)(O)CN(Cc1ccccc1)C(=O)c1ccnnc1. The molecule has 5 nitrogen and oxygen atoms in total. The molecule has 0 saturated carbocycles. The fourth-order valence-corrected chi connectivity index (χ4v) is 2.07. The molecule has 0 saturated heterocycles. The Morgan fingerprint density at radius 2 is 1.90 bits per heavy atom. The smallest absolute Gasteiger partial charge is 0.255 e. The van der Waals surface area contributed by atoms with Gasteiger partial charge in [0.2, 0.25) is 0 Å². The Morgan fingerprint density at radius 3 is 2.48 bits per heavy atom. The van der Waals surface area contributed by atoms with E-state index in [1.54, 1.807) is 24.8 Å². The molecule has 0 spiro atoms. The number of hydrogen-bond donors (Lipinski definition) is 1. The maximum Gasteiger partial charge on any atom is 0.255 e. The zero-order valence-corrected chi connectivity index (χ0v) is 12.2. The molecule has 0 aliphatic heterocycles. The van der Waals surface area contributed by atoms with Gasteiger partial charge in [-0.2, -0.15) is 10.2 Å². The quantitative estimate of drug-likeness (QED) is 0.911. The third kappa shape index (κ3) is 4.65. The van der Waals surface area contributed by atoms with Gasteiger partial charge in [0.05, 0.1) is 23.6 Å². The van der Waals surface area contributed by atoms with E-state index in [2.05, 4.69) is 10.2 Å². The van der Waals surface area contributed by atoms with Gasteiger partial charge in [-0.05, 0) is 25.5 Å². The number of nitrogens with zero attached hydrogens (tertiary/aromatic N) is 3. The third-order valence-electron chi connectivity index (χ3n) is 2.91. The molecule has 1 aromatic carbocycles. The number of hydrogen-bond acceptors (Lipinski definition) is 4. The largest absolute Gasteiger partial charge is 0.389 e. The van der Waals surface area contributed by atoms with Crippen molar-refractivity contribution in [1.82, 2.24) is 15.1 Å². The van der Waals surface area contributed by atoms with E-state index in [-0.39, 0.29) is 12.5 Å². The Balaban J connectivity index is 2.22. The summed E-state index contributed by atoms with van der Waals surface area (Å²) in [5, 5.41) is 17.4. The second kappa shape index (κ2) is 6.45. The number of carbonyl (C=O) groups excluding carboxylic acids is 1. The zero-order valence-electron chi connectivity index (χ0n) is 12.2. The van der Waals surface area contributed by atoms with Crippen molar-refractivity contribution in [2.24, 2.45) is 0 Å². The van der Waals surface area contributed by atoms with Gasteiger partial charge in [-0.1, -0.05) is 30.3 Å². The summed E-state index contributed by atoms with van der Waals surface area (Å²) >= 11 is 0.